The van der Waals surface area contributed by atoms with Crippen molar-refractivity contribution in [2.45, 2.75) is 32.4 Å². The Morgan fingerprint density at radius 2 is 1.96 bits per heavy atom. The summed E-state index contributed by atoms with van der Waals surface area (Å²) in [6, 6.07) is 14.0. The number of amides is 1. The average molecular weight is 422 g/mol. The first-order chi connectivity index (χ1) is 13.4. The zero-order valence-electron chi connectivity index (χ0n) is 15.8. The first kappa shape index (κ1) is 20.7. The molecule has 7 heteroatoms. The number of nitrogens with zero attached hydrogens (tertiary/aromatic N) is 1. The van der Waals surface area contributed by atoms with Gasteiger partial charge in [0.25, 0.3) is 5.91 Å². The van der Waals surface area contributed by atoms with Gasteiger partial charge in [-0.2, -0.15) is 0 Å². The molecular weight excluding hydrogens is 398 g/mol. The topological polar surface area (TPSA) is 63.7 Å². The molecule has 1 aliphatic rings. The van der Waals surface area contributed by atoms with Crippen LogP contribution in [0.15, 0.2) is 48.5 Å². The summed E-state index contributed by atoms with van der Waals surface area (Å²) in [5.74, 6) is 0.553. The van der Waals surface area contributed by atoms with E-state index in [-0.39, 0.29) is 23.5 Å². The molecule has 0 saturated carbocycles. The molecule has 3 rings (SSSR count). The third kappa shape index (κ3) is 5.26. The van der Waals surface area contributed by atoms with Crippen LogP contribution in [0.25, 0.3) is 0 Å². The lowest BCUT2D eigenvalue weighted by atomic mass is 10.1. The van der Waals surface area contributed by atoms with Crippen molar-refractivity contribution < 1.29 is 17.9 Å². The van der Waals surface area contributed by atoms with E-state index in [4.69, 9.17) is 16.3 Å². The number of sulfone groups is 1. The zero-order valence-corrected chi connectivity index (χ0v) is 17.4. The molecule has 0 spiro atoms. The van der Waals surface area contributed by atoms with E-state index in [1.807, 2.05) is 25.1 Å². The van der Waals surface area contributed by atoms with Crippen LogP contribution in [0.1, 0.15) is 35.7 Å². The molecule has 0 aromatic heterocycles. The number of carbonyl (C=O) groups is 1. The van der Waals surface area contributed by atoms with Gasteiger partial charge in [-0.3, -0.25) is 4.79 Å². The number of benzene rings is 2. The van der Waals surface area contributed by atoms with Gasteiger partial charge in [0.05, 0.1) is 18.1 Å². The van der Waals surface area contributed by atoms with Crippen LogP contribution in [0, 0.1) is 0 Å². The Morgan fingerprint density at radius 3 is 2.61 bits per heavy atom. The van der Waals surface area contributed by atoms with Crippen LogP contribution in [0.5, 0.6) is 5.75 Å². The van der Waals surface area contributed by atoms with Crippen LogP contribution in [-0.4, -0.2) is 43.4 Å². The molecule has 2 aromatic rings. The van der Waals surface area contributed by atoms with Crippen LogP contribution in [-0.2, 0) is 16.4 Å². The highest BCUT2D eigenvalue weighted by Crippen LogP contribution is 2.24. The fourth-order valence-corrected chi connectivity index (χ4v) is 5.14. The largest absolute Gasteiger partial charge is 0.494 e. The Morgan fingerprint density at radius 1 is 1.21 bits per heavy atom. The van der Waals surface area contributed by atoms with Gasteiger partial charge in [-0.1, -0.05) is 36.7 Å². The van der Waals surface area contributed by atoms with Gasteiger partial charge in [-0.05, 0) is 48.7 Å². The summed E-state index contributed by atoms with van der Waals surface area (Å²) in [5, 5.41) is 0.617. The molecule has 2 aromatic carbocycles. The smallest absolute Gasteiger partial charge is 0.254 e. The minimum Gasteiger partial charge on any atom is -0.494 e. The Hall–Kier alpha value is -2.05. The molecule has 1 aliphatic heterocycles. The van der Waals surface area contributed by atoms with Crippen molar-refractivity contribution in [3.63, 3.8) is 0 Å². The third-order valence-corrected chi connectivity index (χ3v) is 6.73. The van der Waals surface area contributed by atoms with Gasteiger partial charge in [0, 0.05) is 23.2 Å². The van der Waals surface area contributed by atoms with Crippen LogP contribution in [0.2, 0.25) is 5.02 Å². The lowest BCUT2D eigenvalue weighted by molar-refractivity contribution is 0.0680. The maximum absolute atomic E-state index is 13.3. The molecule has 1 fully saturated rings. The highest BCUT2D eigenvalue weighted by Gasteiger charge is 2.35. The molecule has 150 valence electrons. The van der Waals surface area contributed by atoms with E-state index in [9.17, 15) is 13.2 Å². The third-order valence-electron chi connectivity index (χ3n) is 4.73. The predicted molar refractivity (Wildman–Crippen MR) is 111 cm³/mol. The summed E-state index contributed by atoms with van der Waals surface area (Å²) in [6.45, 7) is 2.92. The zero-order chi connectivity index (χ0) is 20.1. The van der Waals surface area contributed by atoms with Crippen LogP contribution in [0.3, 0.4) is 0 Å². The van der Waals surface area contributed by atoms with Gasteiger partial charge in [-0.25, -0.2) is 8.42 Å². The molecule has 0 N–H and O–H groups in total. The summed E-state index contributed by atoms with van der Waals surface area (Å²) in [4.78, 5) is 14.9. The molecule has 0 aliphatic carbocycles. The summed E-state index contributed by atoms with van der Waals surface area (Å²) in [5.41, 5.74) is 1.40. The number of carbonyl (C=O) groups excluding carboxylic acids is 1. The summed E-state index contributed by atoms with van der Waals surface area (Å²) >= 11 is 5.96. The lowest BCUT2D eigenvalue weighted by Crippen LogP contribution is -2.40. The van der Waals surface area contributed by atoms with Crippen molar-refractivity contribution >= 4 is 27.3 Å². The van der Waals surface area contributed by atoms with Gasteiger partial charge in [0.1, 0.15) is 5.75 Å². The lowest BCUT2D eigenvalue weighted by Gasteiger charge is -2.28. The number of halogens is 1. The van der Waals surface area contributed by atoms with E-state index in [0.717, 1.165) is 12.0 Å². The standard InChI is InChI=1S/C21H24ClNO4S/c1-2-11-27-20-5-3-4-17(13-20)21(24)23(19-10-12-28(25,26)15-19)14-16-6-8-18(22)9-7-16/h3-9,13,19H,2,10-12,14-15H2,1H3/t19-/m1/s1. The van der Waals surface area contributed by atoms with Crippen molar-refractivity contribution in [1.82, 2.24) is 4.90 Å². The van der Waals surface area contributed by atoms with E-state index in [0.29, 0.717) is 35.9 Å². The monoisotopic (exact) mass is 421 g/mol. The predicted octanol–water partition coefficient (Wildman–Crippen LogP) is 3.96. The number of hydrogen-bond donors (Lipinski definition) is 0. The number of hydrogen-bond acceptors (Lipinski definition) is 4. The second-order valence-corrected chi connectivity index (χ2v) is 9.66. The molecule has 5 nitrogen and oxygen atoms in total. The number of ether oxygens (including phenoxy) is 1. The van der Waals surface area contributed by atoms with Crippen LogP contribution >= 0.6 is 11.6 Å². The maximum atomic E-state index is 13.3. The molecule has 1 heterocycles. The van der Waals surface area contributed by atoms with Crippen LogP contribution in [0.4, 0.5) is 0 Å². The molecule has 0 bridgehead atoms. The molecular formula is C21H24ClNO4S. The van der Waals surface area contributed by atoms with Gasteiger partial charge in [0.15, 0.2) is 9.84 Å². The highest BCUT2D eigenvalue weighted by atomic mass is 35.5. The SMILES string of the molecule is CCCOc1cccc(C(=O)N(Cc2ccc(Cl)cc2)[C@@H]2CCS(=O)(=O)C2)c1. The molecule has 1 saturated heterocycles. The van der Waals surface area contributed by atoms with Crippen molar-refractivity contribution in [2.24, 2.45) is 0 Å². The molecule has 28 heavy (non-hydrogen) atoms. The van der Waals surface area contributed by atoms with Crippen LogP contribution < -0.4 is 4.74 Å². The quantitative estimate of drug-likeness (QED) is 0.678. The van der Waals surface area contributed by atoms with E-state index in [1.54, 1.807) is 35.2 Å². The fraction of sp³-hybridized carbons (Fsp3) is 0.381. The second kappa shape index (κ2) is 8.97. The summed E-state index contributed by atoms with van der Waals surface area (Å²) in [6.07, 6.45) is 1.33. The molecule has 0 unspecified atom stereocenters. The van der Waals surface area contributed by atoms with Crippen molar-refractivity contribution in [3.8, 4) is 5.75 Å². The highest BCUT2D eigenvalue weighted by molar-refractivity contribution is 7.91. The maximum Gasteiger partial charge on any atom is 0.254 e. The Bertz CT molecular complexity index is 928. The van der Waals surface area contributed by atoms with E-state index in [1.165, 1.54) is 0 Å². The van der Waals surface area contributed by atoms with E-state index >= 15 is 0 Å². The average Bonchev–Trinajstić information content (AvgIpc) is 3.05. The summed E-state index contributed by atoms with van der Waals surface area (Å²) < 4.78 is 29.6. The first-order valence-corrected chi connectivity index (χ1v) is 11.6. The molecule has 1 atom stereocenters. The fourth-order valence-electron chi connectivity index (χ4n) is 3.28. The van der Waals surface area contributed by atoms with Gasteiger partial charge in [0.2, 0.25) is 0 Å². The molecule has 1 amide bonds. The summed E-state index contributed by atoms with van der Waals surface area (Å²) in [7, 11) is -3.12. The molecule has 0 radical (unpaired) electrons. The Balaban J connectivity index is 1.87. The number of rotatable bonds is 7. The first-order valence-electron chi connectivity index (χ1n) is 9.36. The van der Waals surface area contributed by atoms with Crippen molar-refractivity contribution in [3.05, 3.63) is 64.7 Å². The van der Waals surface area contributed by atoms with E-state index < -0.39 is 9.84 Å². The Labute approximate surface area is 171 Å². The Kier molecular flexibility index (Phi) is 6.62. The van der Waals surface area contributed by atoms with E-state index in [2.05, 4.69) is 0 Å². The minimum atomic E-state index is -3.12. The normalized spacial score (nSPS) is 18.0. The van der Waals surface area contributed by atoms with Gasteiger partial charge >= 0.3 is 0 Å². The second-order valence-electron chi connectivity index (χ2n) is 6.99. The minimum absolute atomic E-state index is 0.00163. The van der Waals surface area contributed by atoms with Gasteiger partial charge in [-0.15, -0.1) is 0 Å². The van der Waals surface area contributed by atoms with Gasteiger partial charge < -0.3 is 9.64 Å². The van der Waals surface area contributed by atoms with Crippen molar-refractivity contribution in [2.75, 3.05) is 18.1 Å². The van der Waals surface area contributed by atoms with Crippen molar-refractivity contribution in [1.29, 1.82) is 0 Å².